The molecule has 0 radical (unpaired) electrons. The van der Waals surface area contributed by atoms with Crippen LogP contribution < -0.4 is 10.5 Å². The second-order valence-electron chi connectivity index (χ2n) is 5.11. The SMILES string of the molecule is Cc1c(N)cc2c(c1C)OC(c1ccncc1)CC2=O. The third-order valence-electron chi connectivity index (χ3n) is 3.89. The minimum absolute atomic E-state index is 0.0721. The molecule has 1 aliphatic rings. The standard InChI is InChI=1S/C16H16N2O2/c1-9-10(2)16-12(7-13(9)17)14(19)8-15(20-16)11-3-5-18-6-4-11/h3-7,15H,8,17H2,1-2H3. The first-order chi connectivity index (χ1) is 9.58. The van der Waals surface area contributed by atoms with Crippen molar-refractivity contribution in [2.24, 2.45) is 0 Å². The highest BCUT2D eigenvalue weighted by Crippen LogP contribution is 2.39. The molecule has 1 unspecified atom stereocenters. The van der Waals surface area contributed by atoms with E-state index < -0.39 is 0 Å². The van der Waals surface area contributed by atoms with Gasteiger partial charge in [0.2, 0.25) is 0 Å². The fourth-order valence-electron chi connectivity index (χ4n) is 2.50. The summed E-state index contributed by atoms with van der Waals surface area (Å²) in [6.45, 7) is 3.88. The van der Waals surface area contributed by atoms with Crippen molar-refractivity contribution in [3.8, 4) is 5.75 Å². The van der Waals surface area contributed by atoms with Crippen molar-refractivity contribution >= 4 is 11.5 Å². The molecule has 1 atom stereocenters. The van der Waals surface area contributed by atoms with Crippen molar-refractivity contribution in [3.63, 3.8) is 0 Å². The lowest BCUT2D eigenvalue weighted by molar-refractivity contribution is 0.0848. The van der Waals surface area contributed by atoms with Gasteiger partial charge in [0.15, 0.2) is 5.78 Å². The number of anilines is 1. The van der Waals surface area contributed by atoms with Gasteiger partial charge in [-0.1, -0.05) is 0 Å². The van der Waals surface area contributed by atoms with Crippen LogP contribution in [0.2, 0.25) is 0 Å². The Hall–Kier alpha value is -2.36. The lowest BCUT2D eigenvalue weighted by Crippen LogP contribution is -2.22. The highest BCUT2D eigenvalue weighted by molar-refractivity contribution is 6.01. The number of nitrogen functional groups attached to an aromatic ring is 1. The maximum atomic E-state index is 12.3. The Morgan fingerprint density at radius 3 is 2.65 bits per heavy atom. The van der Waals surface area contributed by atoms with E-state index in [0.717, 1.165) is 16.7 Å². The molecule has 0 saturated heterocycles. The van der Waals surface area contributed by atoms with Crippen molar-refractivity contribution in [2.45, 2.75) is 26.4 Å². The normalized spacial score (nSPS) is 17.5. The molecule has 20 heavy (non-hydrogen) atoms. The van der Waals surface area contributed by atoms with E-state index in [1.54, 1.807) is 18.5 Å². The van der Waals surface area contributed by atoms with Crippen molar-refractivity contribution < 1.29 is 9.53 Å². The number of aromatic nitrogens is 1. The minimum Gasteiger partial charge on any atom is -0.484 e. The van der Waals surface area contributed by atoms with E-state index in [0.29, 0.717) is 23.4 Å². The molecule has 1 aromatic heterocycles. The second-order valence-corrected chi connectivity index (χ2v) is 5.11. The van der Waals surface area contributed by atoms with Crippen molar-refractivity contribution in [2.75, 3.05) is 5.73 Å². The number of Topliss-reactive ketones (excluding diaryl/α,β-unsaturated/α-hetero) is 1. The number of pyridine rings is 1. The summed E-state index contributed by atoms with van der Waals surface area (Å²) >= 11 is 0. The van der Waals surface area contributed by atoms with Crippen molar-refractivity contribution in [1.29, 1.82) is 0 Å². The average Bonchev–Trinajstić information content (AvgIpc) is 2.47. The van der Waals surface area contributed by atoms with E-state index in [-0.39, 0.29) is 11.9 Å². The number of rotatable bonds is 1. The predicted octanol–water partition coefficient (Wildman–Crippen LogP) is 2.99. The molecule has 1 aromatic carbocycles. The zero-order valence-electron chi connectivity index (χ0n) is 11.5. The van der Waals surface area contributed by atoms with Gasteiger partial charge in [0.1, 0.15) is 11.9 Å². The van der Waals surface area contributed by atoms with E-state index in [4.69, 9.17) is 10.5 Å². The Kier molecular flexibility index (Phi) is 2.93. The number of ether oxygens (including phenoxy) is 1. The molecule has 4 heteroatoms. The molecule has 102 valence electrons. The number of hydrogen-bond donors (Lipinski definition) is 1. The number of nitrogens with two attached hydrogens (primary N) is 1. The Labute approximate surface area is 117 Å². The molecule has 0 saturated carbocycles. The van der Waals surface area contributed by atoms with Crippen LogP contribution in [0.1, 0.15) is 39.6 Å². The fraction of sp³-hybridized carbons (Fsp3) is 0.250. The molecular formula is C16H16N2O2. The van der Waals surface area contributed by atoms with E-state index in [9.17, 15) is 4.79 Å². The van der Waals surface area contributed by atoms with Gasteiger partial charge < -0.3 is 10.5 Å². The van der Waals surface area contributed by atoms with Crippen LogP contribution in [0.25, 0.3) is 0 Å². The summed E-state index contributed by atoms with van der Waals surface area (Å²) in [6.07, 6.45) is 3.50. The largest absolute Gasteiger partial charge is 0.484 e. The maximum absolute atomic E-state index is 12.3. The van der Waals surface area contributed by atoms with Gasteiger partial charge in [0.05, 0.1) is 12.0 Å². The first-order valence-corrected chi connectivity index (χ1v) is 6.57. The van der Waals surface area contributed by atoms with E-state index in [1.165, 1.54) is 0 Å². The van der Waals surface area contributed by atoms with Crippen molar-refractivity contribution in [1.82, 2.24) is 4.98 Å². The smallest absolute Gasteiger partial charge is 0.170 e. The predicted molar refractivity (Wildman–Crippen MR) is 76.9 cm³/mol. The summed E-state index contributed by atoms with van der Waals surface area (Å²) in [4.78, 5) is 16.3. The number of carbonyl (C=O) groups is 1. The molecule has 2 aromatic rings. The van der Waals surface area contributed by atoms with Gasteiger partial charge in [-0.3, -0.25) is 9.78 Å². The number of benzene rings is 1. The van der Waals surface area contributed by atoms with Crippen LogP contribution in [0.15, 0.2) is 30.6 Å². The molecule has 0 aliphatic carbocycles. The van der Waals surface area contributed by atoms with Crippen LogP contribution in [-0.4, -0.2) is 10.8 Å². The first-order valence-electron chi connectivity index (χ1n) is 6.57. The van der Waals surface area contributed by atoms with E-state index >= 15 is 0 Å². The second kappa shape index (κ2) is 4.63. The van der Waals surface area contributed by atoms with Gasteiger partial charge in [-0.05, 0) is 48.7 Å². The quantitative estimate of drug-likeness (QED) is 0.807. The van der Waals surface area contributed by atoms with Crippen LogP contribution in [0.5, 0.6) is 5.75 Å². The van der Waals surface area contributed by atoms with Crippen molar-refractivity contribution in [3.05, 3.63) is 52.8 Å². The van der Waals surface area contributed by atoms with Crippen LogP contribution in [0, 0.1) is 13.8 Å². The number of fused-ring (bicyclic) bond motifs is 1. The molecule has 3 rings (SSSR count). The summed E-state index contributed by atoms with van der Waals surface area (Å²) < 4.78 is 6.05. The third-order valence-corrected chi connectivity index (χ3v) is 3.89. The van der Waals surface area contributed by atoms with Crippen LogP contribution in [-0.2, 0) is 0 Å². The number of ketones is 1. The summed E-state index contributed by atoms with van der Waals surface area (Å²) in [6, 6.07) is 5.48. The average molecular weight is 268 g/mol. The van der Waals surface area contributed by atoms with Crippen LogP contribution in [0.3, 0.4) is 0 Å². The zero-order chi connectivity index (χ0) is 14.3. The van der Waals surface area contributed by atoms with Gasteiger partial charge >= 0.3 is 0 Å². The number of hydrogen-bond acceptors (Lipinski definition) is 4. The first kappa shape index (κ1) is 12.7. The molecule has 0 bridgehead atoms. The molecule has 0 fully saturated rings. The summed E-state index contributed by atoms with van der Waals surface area (Å²) in [5.74, 6) is 0.734. The highest BCUT2D eigenvalue weighted by atomic mass is 16.5. The molecule has 4 nitrogen and oxygen atoms in total. The topological polar surface area (TPSA) is 65.2 Å². The molecule has 2 heterocycles. The summed E-state index contributed by atoms with van der Waals surface area (Å²) in [7, 11) is 0. The Morgan fingerprint density at radius 2 is 1.95 bits per heavy atom. The monoisotopic (exact) mass is 268 g/mol. The van der Waals surface area contributed by atoms with E-state index in [2.05, 4.69) is 4.98 Å². The lowest BCUT2D eigenvalue weighted by Gasteiger charge is -2.28. The Balaban J connectivity index is 2.07. The number of nitrogens with zero attached hydrogens (tertiary/aromatic N) is 1. The summed E-state index contributed by atoms with van der Waals surface area (Å²) in [5.41, 5.74) is 10.0. The molecule has 0 spiro atoms. The lowest BCUT2D eigenvalue weighted by atomic mass is 9.92. The van der Waals surface area contributed by atoms with Gasteiger partial charge in [0, 0.05) is 18.1 Å². The molecular weight excluding hydrogens is 252 g/mol. The van der Waals surface area contributed by atoms with Gasteiger partial charge in [-0.25, -0.2) is 0 Å². The van der Waals surface area contributed by atoms with Gasteiger partial charge in [0.25, 0.3) is 0 Å². The molecule has 1 aliphatic heterocycles. The maximum Gasteiger partial charge on any atom is 0.170 e. The van der Waals surface area contributed by atoms with Crippen LogP contribution in [0.4, 0.5) is 5.69 Å². The molecule has 2 N–H and O–H groups in total. The van der Waals surface area contributed by atoms with Gasteiger partial charge in [-0.2, -0.15) is 0 Å². The zero-order valence-corrected chi connectivity index (χ0v) is 11.5. The highest BCUT2D eigenvalue weighted by Gasteiger charge is 2.29. The van der Waals surface area contributed by atoms with Gasteiger partial charge in [-0.15, -0.1) is 0 Å². The Bertz CT molecular complexity index is 681. The minimum atomic E-state index is -0.250. The third kappa shape index (κ3) is 1.93. The molecule has 0 amide bonds. The summed E-state index contributed by atoms with van der Waals surface area (Å²) in [5, 5.41) is 0. The Morgan fingerprint density at radius 1 is 1.25 bits per heavy atom. The van der Waals surface area contributed by atoms with E-state index in [1.807, 2.05) is 26.0 Å². The van der Waals surface area contributed by atoms with Crippen LogP contribution >= 0.6 is 0 Å². The number of carbonyl (C=O) groups excluding carboxylic acids is 1. The fourth-order valence-corrected chi connectivity index (χ4v) is 2.50.